The first-order valence-electron chi connectivity index (χ1n) is 7.99. The lowest BCUT2D eigenvalue weighted by molar-refractivity contribution is 0.0831. The van der Waals surface area contributed by atoms with Crippen LogP contribution in [0, 0.1) is 23.7 Å². The van der Waals surface area contributed by atoms with E-state index in [4.69, 9.17) is 0 Å². The van der Waals surface area contributed by atoms with Crippen molar-refractivity contribution >= 4 is 0 Å². The topological polar surface area (TPSA) is 15.3 Å². The second-order valence-electron chi connectivity index (χ2n) is 7.12. The van der Waals surface area contributed by atoms with Crippen molar-refractivity contribution in [3.05, 3.63) is 0 Å². The van der Waals surface area contributed by atoms with Gasteiger partial charge in [-0.3, -0.25) is 0 Å². The van der Waals surface area contributed by atoms with E-state index in [0.717, 1.165) is 29.7 Å². The van der Waals surface area contributed by atoms with E-state index in [0.29, 0.717) is 0 Å². The van der Waals surface area contributed by atoms with Gasteiger partial charge in [0.25, 0.3) is 0 Å². The van der Waals surface area contributed by atoms with Crippen molar-refractivity contribution in [2.24, 2.45) is 23.7 Å². The summed E-state index contributed by atoms with van der Waals surface area (Å²) >= 11 is 0. The van der Waals surface area contributed by atoms with Crippen molar-refractivity contribution in [3.63, 3.8) is 0 Å². The molecule has 0 aromatic heterocycles. The van der Waals surface area contributed by atoms with E-state index in [1.54, 1.807) is 0 Å². The van der Waals surface area contributed by atoms with Crippen molar-refractivity contribution in [2.45, 2.75) is 52.5 Å². The minimum atomic E-state index is 0.737. The first kappa shape index (κ1) is 14.3. The van der Waals surface area contributed by atoms with E-state index in [9.17, 15) is 0 Å². The average Bonchev–Trinajstić information content (AvgIpc) is 2.32. The predicted molar refractivity (Wildman–Crippen MR) is 78.7 cm³/mol. The molecule has 1 saturated carbocycles. The average molecular weight is 252 g/mol. The van der Waals surface area contributed by atoms with Gasteiger partial charge in [0.15, 0.2) is 0 Å². The molecule has 18 heavy (non-hydrogen) atoms. The molecular formula is C16H32N2. The first-order chi connectivity index (χ1) is 8.60. The lowest BCUT2D eigenvalue weighted by Crippen LogP contribution is -2.49. The highest BCUT2D eigenvalue weighted by atomic mass is 15.1. The van der Waals surface area contributed by atoms with Gasteiger partial charge in [-0.05, 0) is 62.9 Å². The summed E-state index contributed by atoms with van der Waals surface area (Å²) in [5.41, 5.74) is 0. The summed E-state index contributed by atoms with van der Waals surface area (Å²) in [4.78, 5) is 2.73. The molecule has 2 fully saturated rings. The third kappa shape index (κ3) is 3.48. The van der Waals surface area contributed by atoms with Crippen LogP contribution in [0.15, 0.2) is 0 Å². The molecule has 5 atom stereocenters. The van der Waals surface area contributed by atoms with Crippen molar-refractivity contribution in [3.8, 4) is 0 Å². The van der Waals surface area contributed by atoms with Gasteiger partial charge >= 0.3 is 0 Å². The van der Waals surface area contributed by atoms with Gasteiger partial charge in [0.2, 0.25) is 0 Å². The smallest absolute Gasteiger partial charge is 0.0110 e. The number of nitrogens with zero attached hydrogens (tertiary/aromatic N) is 1. The Hall–Kier alpha value is -0.0800. The molecule has 1 aliphatic heterocycles. The monoisotopic (exact) mass is 252 g/mol. The summed E-state index contributed by atoms with van der Waals surface area (Å²) in [6, 6.07) is 0.737. The predicted octanol–water partition coefficient (Wildman–Crippen LogP) is 2.99. The lowest BCUT2D eigenvalue weighted by atomic mass is 9.72. The van der Waals surface area contributed by atoms with Crippen LogP contribution in [0.4, 0.5) is 0 Å². The summed E-state index contributed by atoms with van der Waals surface area (Å²) < 4.78 is 0. The molecule has 0 aromatic carbocycles. The van der Waals surface area contributed by atoms with Crippen LogP contribution in [0.5, 0.6) is 0 Å². The Bertz CT molecular complexity index is 253. The van der Waals surface area contributed by atoms with Crippen LogP contribution in [0.3, 0.4) is 0 Å². The SMILES string of the molecule is CNC1CC(C)CC(C)C1CN1CCCC(C)C1. The zero-order chi connectivity index (χ0) is 13.1. The molecule has 0 spiro atoms. The third-order valence-electron chi connectivity index (χ3n) is 5.26. The fourth-order valence-electron chi connectivity index (χ4n) is 4.30. The van der Waals surface area contributed by atoms with Gasteiger partial charge in [-0.1, -0.05) is 20.8 Å². The minimum absolute atomic E-state index is 0.737. The second-order valence-corrected chi connectivity index (χ2v) is 7.12. The van der Waals surface area contributed by atoms with E-state index >= 15 is 0 Å². The highest BCUT2D eigenvalue weighted by Gasteiger charge is 2.34. The highest BCUT2D eigenvalue weighted by Crippen LogP contribution is 2.34. The van der Waals surface area contributed by atoms with Crippen LogP contribution in [0.2, 0.25) is 0 Å². The molecule has 2 heteroatoms. The maximum atomic E-state index is 3.59. The molecule has 5 unspecified atom stereocenters. The molecule has 2 nitrogen and oxygen atoms in total. The maximum absolute atomic E-state index is 3.59. The number of hydrogen-bond acceptors (Lipinski definition) is 2. The molecular weight excluding hydrogens is 220 g/mol. The normalized spacial score (nSPS) is 43.0. The van der Waals surface area contributed by atoms with Crippen molar-refractivity contribution < 1.29 is 0 Å². The summed E-state index contributed by atoms with van der Waals surface area (Å²) in [5.74, 6) is 3.54. The minimum Gasteiger partial charge on any atom is -0.317 e. The molecule has 0 amide bonds. The number of nitrogens with one attached hydrogen (secondary N) is 1. The van der Waals surface area contributed by atoms with Crippen molar-refractivity contribution in [1.29, 1.82) is 0 Å². The van der Waals surface area contributed by atoms with Gasteiger partial charge in [0, 0.05) is 19.1 Å². The van der Waals surface area contributed by atoms with E-state index < -0.39 is 0 Å². The third-order valence-corrected chi connectivity index (χ3v) is 5.26. The molecule has 1 heterocycles. The summed E-state index contributed by atoms with van der Waals surface area (Å²) in [5, 5.41) is 3.59. The number of hydrogen-bond donors (Lipinski definition) is 1. The standard InChI is InChI=1S/C16H32N2/c1-12-6-5-7-18(10-12)11-15-14(3)8-13(2)9-16(15)17-4/h12-17H,5-11H2,1-4H3. The Kier molecular flexibility index (Phi) is 5.08. The van der Waals surface area contributed by atoms with Crippen molar-refractivity contribution in [2.75, 3.05) is 26.7 Å². The van der Waals surface area contributed by atoms with Crippen molar-refractivity contribution in [1.82, 2.24) is 10.2 Å². The second kappa shape index (κ2) is 6.38. The van der Waals surface area contributed by atoms with E-state index in [-0.39, 0.29) is 0 Å². The molecule has 2 rings (SSSR count). The van der Waals surface area contributed by atoms with Crippen LogP contribution in [0.1, 0.15) is 46.5 Å². The van der Waals surface area contributed by atoms with Gasteiger partial charge in [-0.15, -0.1) is 0 Å². The molecule has 106 valence electrons. The largest absolute Gasteiger partial charge is 0.317 e. The quantitative estimate of drug-likeness (QED) is 0.831. The highest BCUT2D eigenvalue weighted by molar-refractivity contribution is 4.89. The number of piperidine rings is 1. The van der Waals surface area contributed by atoms with Gasteiger partial charge in [0.1, 0.15) is 0 Å². The summed E-state index contributed by atoms with van der Waals surface area (Å²) in [6.45, 7) is 11.3. The number of likely N-dealkylation sites (tertiary alicyclic amines) is 1. The molecule has 1 N–H and O–H groups in total. The van der Waals surface area contributed by atoms with Crippen LogP contribution in [0.25, 0.3) is 0 Å². The molecule has 2 aliphatic rings. The van der Waals surface area contributed by atoms with Crippen LogP contribution < -0.4 is 5.32 Å². The van der Waals surface area contributed by atoms with Gasteiger partial charge < -0.3 is 10.2 Å². The molecule has 0 radical (unpaired) electrons. The van der Waals surface area contributed by atoms with E-state index in [1.165, 1.54) is 45.3 Å². The van der Waals surface area contributed by atoms with Gasteiger partial charge in [0.05, 0.1) is 0 Å². The van der Waals surface area contributed by atoms with Gasteiger partial charge in [-0.2, -0.15) is 0 Å². The van der Waals surface area contributed by atoms with Crippen LogP contribution >= 0.6 is 0 Å². The molecule has 0 aromatic rings. The van der Waals surface area contributed by atoms with Crippen LogP contribution in [-0.4, -0.2) is 37.6 Å². The molecule has 0 bridgehead atoms. The van der Waals surface area contributed by atoms with Crippen LogP contribution in [-0.2, 0) is 0 Å². The summed E-state index contributed by atoms with van der Waals surface area (Å²) in [6.07, 6.45) is 5.63. The maximum Gasteiger partial charge on any atom is 0.0110 e. The lowest BCUT2D eigenvalue weighted by Gasteiger charge is -2.43. The molecule has 1 saturated heterocycles. The Labute approximate surface area is 114 Å². The number of rotatable bonds is 3. The summed E-state index contributed by atoms with van der Waals surface area (Å²) in [7, 11) is 2.15. The zero-order valence-electron chi connectivity index (χ0n) is 12.8. The molecule has 1 aliphatic carbocycles. The Morgan fingerprint density at radius 1 is 1.11 bits per heavy atom. The fourth-order valence-corrected chi connectivity index (χ4v) is 4.30. The van der Waals surface area contributed by atoms with Gasteiger partial charge in [-0.25, -0.2) is 0 Å². The fraction of sp³-hybridized carbons (Fsp3) is 1.00. The van der Waals surface area contributed by atoms with E-state index in [1.807, 2.05) is 0 Å². The zero-order valence-corrected chi connectivity index (χ0v) is 12.8. The Morgan fingerprint density at radius 3 is 2.56 bits per heavy atom. The Morgan fingerprint density at radius 2 is 1.89 bits per heavy atom. The first-order valence-corrected chi connectivity index (χ1v) is 7.99. The van der Waals surface area contributed by atoms with E-state index in [2.05, 4.69) is 38.0 Å². The Balaban J connectivity index is 1.92.